The van der Waals surface area contributed by atoms with E-state index in [-0.39, 0.29) is 11.5 Å². The molecule has 0 spiro atoms. The zero-order valence-electron chi connectivity index (χ0n) is 10.8. The number of rotatable bonds is 4. The van der Waals surface area contributed by atoms with Crippen molar-refractivity contribution in [3.63, 3.8) is 0 Å². The van der Waals surface area contributed by atoms with E-state index in [2.05, 4.69) is 6.58 Å². The van der Waals surface area contributed by atoms with Crippen LogP contribution in [0.1, 0.15) is 39.8 Å². The molecule has 2 aromatic rings. The molecule has 1 aromatic carbocycles. The van der Waals surface area contributed by atoms with Gasteiger partial charge in [0.25, 0.3) is 0 Å². The fraction of sp³-hybridized carbons (Fsp3) is 0.200. The second kappa shape index (κ2) is 4.72. The van der Waals surface area contributed by atoms with Crippen molar-refractivity contribution in [3.8, 4) is 0 Å². The number of aryl methyl sites for hydroxylation is 1. The van der Waals surface area contributed by atoms with E-state index >= 15 is 0 Å². The number of carboxylic acid groups (broad SMARTS) is 1. The van der Waals surface area contributed by atoms with Crippen LogP contribution in [0, 0.1) is 6.92 Å². The lowest BCUT2D eigenvalue weighted by Gasteiger charge is -2.06. The van der Waals surface area contributed by atoms with Gasteiger partial charge in [-0.05, 0) is 42.7 Å². The summed E-state index contributed by atoms with van der Waals surface area (Å²) in [6.45, 7) is 7.38. The molecule has 19 heavy (non-hydrogen) atoms. The van der Waals surface area contributed by atoms with Crippen LogP contribution in [0.2, 0.25) is 0 Å². The SMILES string of the molecule is C=C(CC)C(=O)c1ccc2oc(C(=O)O)cc2c1C. The Bertz CT molecular complexity index is 691. The predicted molar refractivity (Wildman–Crippen MR) is 71.7 cm³/mol. The van der Waals surface area contributed by atoms with E-state index in [9.17, 15) is 9.59 Å². The molecule has 1 aromatic heterocycles. The summed E-state index contributed by atoms with van der Waals surface area (Å²) >= 11 is 0. The molecule has 4 heteroatoms. The monoisotopic (exact) mass is 258 g/mol. The van der Waals surface area contributed by atoms with Crippen molar-refractivity contribution in [2.45, 2.75) is 20.3 Å². The lowest BCUT2D eigenvalue weighted by atomic mass is 9.96. The first-order chi connectivity index (χ1) is 8.95. The zero-order valence-corrected chi connectivity index (χ0v) is 10.8. The average molecular weight is 258 g/mol. The fourth-order valence-electron chi connectivity index (χ4n) is 1.95. The minimum atomic E-state index is -1.12. The van der Waals surface area contributed by atoms with Crippen LogP contribution in [0.5, 0.6) is 0 Å². The van der Waals surface area contributed by atoms with Crippen molar-refractivity contribution < 1.29 is 19.1 Å². The van der Waals surface area contributed by atoms with E-state index in [0.717, 1.165) is 0 Å². The van der Waals surface area contributed by atoms with E-state index in [0.29, 0.717) is 34.1 Å². The Balaban J connectivity index is 2.60. The number of carbonyl (C=O) groups excluding carboxylic acids is 1. The van der Waals surface area contributed by atoms with Crippen molar-refractivity contribution in [3.05, 3.63) is 47.2 Å². The largest absolute Gasteiger partial charge is 0.475 e. The molecular formula is C15H14O4. The van der Waals surface area contributed by atoms with Gasteiger partial charge in [-0.2, -0.15) is 0 Å². The van der Waals surface area contributed by atoms with E-state index in [4.69, 9.17) is 9.52 Å². The molecule has 0 unspecified atom stereocenters. The first-order valence-corrected chi connectivity index (χ1v) is 5.94. The van der Waals surface area contributed by atoms with Crippen LogP contribution in [-0.4, -0.2) is 16.9 Å². The highest BCUT2D eigenvalue weighted by Crippen LogP contribution is 2.27. The number of benzene rings is 1. The summed E-state index contributed by atoms with van der Waals surface area (Å²) in [5.41, 5.74) is 2.25. The second-order valence-corrected chi connectivity index (χ2v) is 4.35. The lowest BCUT2D eigenvalue weighted by Crippen LogP contribution is -2.04. The lowest BCUT2D eigenvalue weighted by molar-refractivity contribution is 0.0665. The maximum Gasteiger partial charge on any atom is 0.371 e. The summed E-state index contributed by atoms with van der Waals surface area (Å²) in [5, 5.41) is 9.55. The molecule has 1 N–H and O–H groups in total. The Morgan fingerprint density at radius 3 is 2.63 bits per heavy atom. The molecule has 0 atom stereocenters. The van der Waals surface area contributed by atoms with E-state index in [1.165, 1.54) is 6.07 Å². The van der Waals surface area contributed by atoms with Crippen LogP contribution in [0.3, 0.4) is 0 Å². The molecule has 0 saturated carbocycles. The van der Waals surface area contributed by atoms with Crippen molar-refractivity contribution in [2.75, 3.05) is 0 Å². The van der Waals surface area contributed by atoms with Crippen LogP contribution < -0.4 is 0 Å². The number of furan rings is 1. The van der Waals surface area contributed by atoms with Crippen molar-refractivity contribution in [1.29, 1.82) is 0 Å². The summed E-state index contributed by atoms with van der Waals surface area (Å²) in [7, 11) is 0. The summed E-state index contributed by atoms with van der Waals surface area (Å²) in [6.07, 6.45) is 0.585. The Labute approximate surface area is 110 Å². The van der Waals surface area contributed by atoms with Gasteiger partial charge in [-0.3, -0.25) is 4.79 Å². The molecule has 1 heterocycles. The first kappa shape index (κ1) is 13.1. The van der Waals surface area contributed by atoms with E-state index < -0.39 is 5.97 Å². The Hall–Kier alpha value is -2.36. The van der Waals surface area contributed by atoms with Crippen molar-refractivity contribution >= 4 is 22.7 Å². The molecule has 4 nitrogen and oxygen atoms in total. The van der Waals surface area contributed by atoms with Gasteiger partial charge < -0.3 is 9.52 Å². The van der Waals surface area contributed by atoms with E-state index in [1.807, 2.05) is 6.92 Å². The molecule has 98 valence electrons. The van der Waals surface area contributed by atoms with Crippen LogP contribution in [0.15, 0.2) is 34.8 Å². The number of ketones is 1. The summed E-state index contributed by atoms with van der Waals surface area (Å²) in [4.78, 5) is 23.0. The van der Waals surface area contributed by atoms with Crippen LogP contribution in [0.25, 0.3) is 11.0 Å². The Kier molecular flexibility index (Phi) is 3.25. The number of hydrogen-bond acceptors (Lipinski definition) is 3. The van der Waals surface area contributed by atoms with E-state index in [1.54, 1.807) is 19.1 Å². The molecule has 0 aliphatic carbocycles. The van der Waals surface area contributed by atoms with Gasteiger partial charge in [0, 0.05) is 10.9 Å². The number of aromatic carboxylic acids is 1. The van der Waals surface area contributed by atoms with Gasteiger partial charge in [-0.25, -0.2) is 4.79 Å². The molecular weight excluding hydrogens is 244 g/mol. The predicted octanol–water partition coefficient (Wildman–Crippen LogP) is 3.59. The van der Waals surface area contributed by atoms with Crippen LogP contribution in [0.4, 0.5) is 0 Å². The number of hydrogen-bond donors (Lipinski definition) is 1. The second-order valence-electron chi connectivity index (χ2n) is 4.35. The van der Waals surface area contributed by atoms with Gasteiger partial charge in [0.2, 0.25) is 5.76 Å². The third-order valence-electron chi connectivity index (χ3n) is 3.17. The third kappa shape index (κ3) is 2.17. The van der Waals surface area contributed by atoms with Gasteiger partial charge in [0.1, 0.15) is 5.58 Å². The molecule has 0 saturated heterocycles. The molecule has 0 aliphatic rings. The Morgan fingerprint density at radius 1 is 1.37 bits per heavy atom. The van der Waals surface area contributed by atoms with Gasteiger partial charge in [0.05, 0.1) is 0 Å². The number of fused-ring (bicyclic) bond motifs is 1. The number of carbonyl (C=O) groups is 2. The molecule has 0 radical (unpaired) electrons. The van der Waals surface area contributed by atoms with Gasteiger partial charge in [-0.1, -0.05) is 13.5 Å². The average Bonchev–Trinajstić information content (AvgIpc) is 2.82. The molecule has 0 amide bonds. The normalized spacial score (nSPS) is 10.6. The van der Waals surface area contributed by atoms with Gasteiger partial charge >= 0.3 is 5.97 Å². The summed E-state index contributed by atoms with van der Waals surface area (Å²) in [5.74, 6) is -1.36. The minimum Gasteiger partial charge on any atom is -0.475 e. The first-order valence-electron chi connectivity index (χ1n) is 5.94. The van der Waals surface area contributed by atoms with Crippen molar-refractivity contribution in [1.82, 2.24) is 0 Å². The molecule has 0 fully saturated rings. The molecule has 0 bridgehead atoms. The van der Waals surface area contributed by atoms with Gasteiger partial charge in [-0.15, -0.1) is 0 Å². The minimum absolute atomic E-state index is 0.111. The zero-order chi connectivity index (χ0) is 14.2. The quantitative estimate of drug-likeness (QED) is 0.672. The number of Topliss-reactive ketones (excluding diaryl/α,β-unsaturated/α-hetero) is 1. The maximum atomic E-state index is 12.1. The topological polar surface area (TPSA) is 67.5 Å². The summed E-state index contributed by atoms with van der Waals surface area (Å²) in [6, 6.07) is 4.71. The Morgan fingerprint density at radius 2 is 2.05 bits per heavy atom. The maximum absolute atomic E-state index is 12.1. The van der Waals surface area contributed by atoms with Crippen LogP contribution in [-0.2, 0) is 0 Å². The summed E-state index contributed by atoms with van der Waals surface area (Å²) < 4.78 is 5.20. The standard InChI is InChI=1S/C15H14O4/c1-4-8(2)14(16)10-5-6-12-11(9(10)3)7-13(19-12)15(17)18/h5-7H,2,4H2,1,3H3,(H,17,18). The highest BCUT2D eigenvalue weighted by Gasteiger charge is 2.17. The number of allylic oxidation sites excluding steroid dienone is 1. The molecule has 0 aliphatic heterocycles. The molecule has 2 rings (SSSR count). The fourth-order valence-corrected chi connectivity index (χ4v) is 1.95. The number of carboxylic acids is 1. The van der Waals surface area contributed by atoms with Crippen molar-refractivity contribution in [2.24, 2.45) is 0 Å². The highest BCUT2D eigenvalue weighted by atomic mass is 16.4. The smallest absolute Gasteiger partial charge is 0.371 e. The van der Waals surface area contributed by atoms with Crippen LogP contribution >= 0.6 is 0 Å². The van der Waals surface area contributed by atoms with Gasteiger partial charge in [0.15, 0.2) is 5.78 Å². The third-order valence-corrected chi connectivity index (χ3v) is 3.17. The highest BCUT2D eigenvalue weighted by molar-refractivity contribution is 6.11.